The van der Waals surface area contributed by atoms with Gasteiger partial charge in [0.1, 0.15) is 11.4 Å². The lowest BCUT2D eigenvalue weighted by Gasteiger charge is -2.11. The van der Waals surface area contributed by atoms with E-state index < -0.39 is 26.0 Å². The number of nitrogens with two attached hydrogens (primary N) is 1. The van der Waals surface area contributed by atoms with Crippen LogP contribution >= 0.6 is 0 Å². The predicted octanol–water partition coefficient (Wildman–Crippen LogP) is 5.93. The van der Waals surface area contributed by atoms with Crippen LogP contribution in [0.25, 0.3) is 0 Å². The van der Waals surface area contributed by atoms with Gasteiger partial charge in [0.2, 0.25) is 0 Å². The lowest BCUT2D eigenvalue weighted by molar-refractivity contribution is 0.317. The van der Waals surface area contributed by atoms with Crippen LogP contribution in [0.15, 0.2) is 73.9 Å². The zero-order valence-electron chi connectivity index (χ0n) is 20.9. The predicted molar refractivity (Wildman–Crippen MR) is 143 cm³/mol. The summed E-state index contributed by atoms with van der Waals surface area (Å²) in [5, 5.41) is 17.0. The van der Waals surface area contributed by atoms with Crippen LogP contribution < -0.4 is 10.5 Å². The lowest BCUT2D eigenvalue weighted by atomic mass is 10.1. The van der Waals surface area contributed by atoms with Gasteiger partial charge in [0.25, 0.3) is 20.2 Å². The number of nitrogens with zero attached hydrogens (tertiary/aromatic N) is 4. The van der Waals surface area contributed by atoms with Gasteiger partial charge in [0.05, 0.1) is 34.3 Å². The molecule has 0 saturated carbocycles. The Morgan fingerprint density at radius 2 is 1.32 bits per heavy atom. The molecule has 0 atom stereocenters. The van der Waals surface area contributed by atoms with Crippen molar-refractivity contribution >= 4 is 48.7 Å². The Morgan fingerprint density at radius 1 is 0.763 bits per heavy atom. The molecule has 3 rings (SSSR count). The van der Waals surface area contributed by atoms with Gasteiger partial charge in [-0.3, -0.25) is 9.11 Å². The van der Waals surface area contributed by atoms with Gasteiger partial charge in [-0.2, -0.15) is 32.2 Å². The molecule has 0 aliphatic rings. The van der Waals surface area contributed by atoms with Crippen LogP contribution in [0.1, 0.15) is 23.1 Å². The van der Waals surface area contributed by atoms with Crippen LogP contribution in [0.5, 0.6) is 5.75 Å². The largest absolute Gasteiger partial charge is 0.491 e. The third-order valence-electron chi connectivity index (χ3n) is 5.34. The Morgan fingerprint density at radius 3 is 1.95 bits per heavy atom. The minimum Gasteiger partial charge on any atom is -0.491 e. The molecular formula is C24H27N5O7S2. The van der Waals surface area contributed by atoms with Crippen molar-refractivity contribution in [3.05, 3.63) is 65.2 Å². The van der Waals surface area contributed by atoms with Crippen molar-refractivity contribution in [3.63, 3.8) is 0 Å². The second kappa shape index (κ2) is 11.8. The number of nitrogen functional groups attached to an aromatic ring is 1. The van der Waals surface area contributed by atoms with Gasteiger partial charge in [0, 0.05) is 11.8 Å². The quantitative estimate of drug-likeness (QED) is 0.117. The molecule has 0 heterocycles. The summed E-state index contributed by atoms with van der Waals surface area (Å²) in [4.78, 5) is -0.269. The van der Waals surface area contributed by atoms with Crippen LogP contribution in [0.2, 0.25) is 0 Å². The summed E-state index contributed by atoms with van der Waals surface area (Å²) >= 11 is 0. The normalized spacial score (nSPS) is 12.4. The zero-order valence-corrected chi connectivity index (χ0v) is 22.5. The lowest BCUT2D eigenvalue weighted by Crippen LogP contribution is -2.08. The van der Waals surface area contributed by atoms with Crippen molar-refractivity contribution in [2.45, 2.75) is 32.1 Å². The standard InChI is InChI=1S/C24H27N5O7S2/c1-15-12-21(16(2)11-20(15)25)28-29-23-13-17(3)22(14-24(23)36-9-4-10-37(30,31)32)27-26-18-5-7-19(8-6-18)38(33,34)35/h5-8,11-14H,4,9-10,25H2,1-3H3,(H,30,31,32)(H,33,34,35). The maximum Gasteiger partial charge on any atom is 0.294 e. The minimum atomic E-state index is -4.32. The highest BCUT2D eigenvalue weighted by Crippen LogP contribution is 2.37. The fraction of sp³-hybridized carbons (Fsp3) is 0.250. The number of ether oxygens (including phenoxy) is 1. The van der Waals surface area contributed by atoms with Gasteiger partial charge in [-0.1, -0.05) is 0 Å². The molecule has 0 amide bonds. The SMILES string of the molecule is Cc1cc(N=Nc2cc(C)c(N=Nc3ccc(S(=O)(=O)O)cc3)cc2OCCCS(=O)(=O)O)c(C)cc1N. The summed E-state index contributed by atoms with van der Waals surface area (Å²) in [7, 11) is -8.46. The molecule has 0 aromatic heterocycles. The summed E-state index contributed by atoms with van der Waals surface area (Å²) in [6.45, 7) is 5.46. The number of rotatable bonds is 10. The Hall–Kier alpha value is -3.72. The molecule has 202 valence electrons. The van der Waals surface area contributed by atoms with Gasteiger partial charge in [0.15, 0.2) is 0 Å². The molecule has 0 radical (unpaired) electrons. The third kappa shape index (κ3) is 8.14. The van der Waals surface area contributed by atoms with Crippen LogP contribution in [-0.4, -0.2) is 38.3 Å². The molecule has 4 N–H and O–H groups in total. The van der Waals surface area contributed by atoms with Crippen molar-refractivity contribution in [1.29, 1.82) is 0 Å². The van der Waals surface area contributed by atoms with E-state index in [0.717, 1.165) is 11.1 Å². The second-order valence-corrected chi connectivity index (χ2v) is 11.5. The van der Waals surface area contributed by atoms with Crippen LogP contribution in [0.3, 0.4) is 0 Å². The number of aryl methyl sites for hydroxylation is 3. The molecule has 3 aromatic rings. The Balaban J connectivity index is 1.93. The topological polar surface area (TPSA) is 193 Å². The minimum absolute atomic E-state index is 0.0287. The maximum absolute atomic E-state index is 11.2. The highest BCUT2D eigenvalue weighted by atomic mass is 32.2. The molecule has 0 aliphatic heterocycles. The summed E-state index contributed by atoms with van der Waals surface area (Å²) in [6, 6.07) is 12.0. The highest BCUT2D eigenvalue weighted by Gasteiger charge is 2.12. The van der Waals surface area contributed by atoms with E-state index in [1.165, 1.54) is 24.3 Å². The van der Waals surface area contributed by atoms with Crippen molar-refractivity contribution < 1.29 is 30.7 Å². The first-order valence-electron chi connectivity index (χ1n) is 11.2. The van der Waals surface area contributed by atoms with Gasteiger partial charge in [-0.25, -0.2) is 0 Å². The van der Waals surface area contributed by atoms with Crippen LogP contribution in [0, 0.1) is 20.8 Å². The monoisotopic (exact) mass is 561 g/mol. The molecule has 3 aromatic carbocycles. The molecule has 0 spiro atoms. The van der Waals surface area contributed by atoms with E-state index in [1.54, 1.807) is 25.1 Å². The van der Waals surface area contributed by atoms with Gasteiger partial charge >= 0.3 is 0 Å². The van der Waals surface area contributed by atoms with E-state index in [4.69, 9.17) is 19.6 Å². The molecule has 38 heavy (non-hydrogen) atoms. The molecule has 14 heteroatoms. The smallest absolute Gasteiger partial charge is 0.294 e. The van der Waals surface area contributed by atoms with E-state index in [-0.39, 0.29) is 23.7 Å². The summed E-state index contributed by atoms with van der Waals surface area (Å²) in [6.07, 6.45) is 0.0382. The number of azo groups is 2. The molecule has 0 unspecified atom stereocenters. The molecule has 0 fully saturated rings. The van der Waals surface area contributed by atoms with Crippen molar-refractivity contribution in [2.75, 3.05) is 18.1 Å². The summed E-state index contributed by atoms with van der Waals surface area (Å²) < 4.78 is 68.3. The van der Waals surface area contributed by atoms with Gasteiger partial charge in [-0.15, -0.1) is 5.11 Å². The average Bonchev–Trinajstić information content (AvgIpc) is 2.82. The van der Waals surface area contributed by atoms with E-state index >= 15 is 0 Å². The second-order valence-electron chi connectivity index (χ2n) is 8.46. The Labute approximate surface area is 220 Å². The van der Waals surface area contributed by atoms with E-state index in [0.29, 0.717) is 34.0 Å². The highest BCUT2D eigenvalue weighted by molar-refractivity contribution is 7.86. The summed E-state index contributed by atoms with van der Waals surface area (Å²) in [5.74, 6) is -0.207. The molecule has 12 nitrogen and oxygen atoms in total. The maximum atomic E-state index is 11.2. The Kier molecular flexibility index (Phi) is 8.93. The van der Waals surface area contributed by atoms with Crippen molar-refractivity contribution in [2.24, 2.45) is 20.5 Å². The van der Waals surface area contributed by atoms with E-state index in [9.17, 15) is 16.8 Å². The number of benzene rings is 3. The molecule has 0 bridgehead atoms. The fourth-order valence-electron chi connectivity index (χ4n) is 3.22. The fourth-order valence-corrected chi connectivity index (χ4v) is 4.18. The van der Waals surface area contributed by atoms with Crippen LogP contribution in [0.4, 0.5) is 28.4 Å². The number of hydrogen-bond acceptors (Lipinski definition) is 10. The summed E-state index contributed by atoms with van der Waals surface area (Å²) in [5.41, 5.74) is 10.7. The van der Waals surface area contributed by atoms with Crippen molar-refractivity contribution in [3.8, 4) is 5.75 Å². The van der Waals surface area contributed by atoms with Crippen molar-refractivity contribution in [1.82, 2.24) is 0 Å². The van der Waals surface area contributed by atoms with Gasteiger partial charge in [-0.05, 0) is 86.3 Å². The Bertz CT molecular complexity index is 1600. The van der Waals surface area contributed by atoms with E-state index in [1.807, 2.05) is 19.9 Å². The number of hydrogen-bond donors (Lipinski definition) is 3. The zero-order chi connectivity index (χ0) is 28.1. The average molecular weight is 562 g/mol. The van der Waals surface area contributed by atoms with E-state index in [2.05, 4.69) is 20.5 Å². The first kappa shape index (κ1) is 28.8. The van der Waals surface area contributed by atoms with Gasteiger partial charge < -0.3 is 10.5 Å². The number of anilines is 1. The van der Waals surface area contributed by atoms with Crippen LogP contribution in [-0.2, 0) is 20.2 Å². The first-order valence-corrected chi connectivity index (χ1v) is 14.3. The first-order chi connectivity index (χ1) is 17.7. The molecule has 0 aliphatic carbocycles. The third-order valence-corrected chi connectivity index (χ3v) is 7.01. The molecular weight excluding hydrogens is 534 g/mol. The molecule has 0 saturated heterocycles.